The first-order valence-electron chi connectivity index (χ1n) is 9.17. The fourth-order valence-corrected chi connectivity index (χ4v) is 3.30. The van der Waals surface area contributed by atoms with E-state index in [-0.39, 0.29) is 16.5 Å². The van der Waals surface area contributed by atoms with Crippen LogP contribution in [0.15, 0.2) is 56.5 Å². The van der Waals surface area contributed by atoms with Crippen molar-refractivity contribution in [3.63, 3.8) is 0 Å². The van der Waals surface area contributed by atoms with E-state index in [1.165, 1.54) is 11.7 Å². The molecule has 142 valence electrons. The summed E-state index contributed by atoms with van der Waals surface area (Å²) in [6.45, 7) is 3.99. The highest BCUT2D eigenvalue weighted by atomic mass is 16.5. The summed E-state index contributed by atoms with van der Waals surface area (Å²) in [7, 11) is 1.54. The van der Waals surface area contributed by atoms with Crippen LogP contribution in [0.3, 0.4) is 0 Å². The van der Waals surface area contributed by atoms with E-state index < -0.39 is 5.56 Å². The number of fused-ring (bicyclic) bond motifs is 2. The maximum Gasteiger partial charge on any atom is 0.273 e. The van der Waals surface area contributed by atoms with E-state index in [1.54, 1.807) is 18.2 Å². The van der Waals surface area contributed by atoms with Crippen LogP contribution in [-0.2, 0) is 6.42 Å². The highest BCUT2D eigenvalue weighted by Crippen LogP contribution is 2.22. The van der Waals surface area contributed by atoms with Crippen molar-refractivity contribution >= 4 is 22.1 Å². The van der Waals surface area contributed by atoms with Gasteiger partial charge in [0.1, 0.15) is 17.2 Å². The van der Waals surface area contributed by atoms with E-state index in [0.29, 0.717) is 34.7 Å². The van der Waals surface area contributed by atoms with Crippen molar-refractivity contribution in [3.8, 4) is 11.4 Å². The quantitative estimate of drug-likeness (QED) is 0.507. The second-order valence-electron chi connectivity index (χ2n) is 6.73. The first-order valence-corrected chi connectivity index (χ1v) is 9.17. The van der Waals surface area contributed by atoms with Crippen LogP contribution in [0.2, 0.25) is 0 Å². The highest BCUT2D eigenvalue weighted by molar-refractivity contribution is 5.88. The Morgan fingerprint density at radius 2 is 1.86 bits per heavy atom. The summed E-state index contributed by atoms with van der Waals surface area (Å²) < 4.78 is 12.6. The number of aromatic nitrogens is 2. The van der Waals surface area contributed by atoms with Gasteiger partial charge >= 0.3 is 0 Å². The molecule has 2 aromatic heterocycles. The minimum atomic E-state index is -0.413. The van der Waals surface area contributed by atoms with Gasteiger partial charge in [-0.05, 0) is 37.6 Å². The number of nitrogens with zero attached hydrogens (tertiary/aromatic N) is 2. The van der Waals surface area contributed by atoms with Crippen LogP contribution in [0.25, 0.3) is 27.8 Å². The minimum absolute atomic E-state index is 0.0434. The lowest BCUT2D eigenvalue weighted by molar-refractivity contribution is 0.414. The van der Waals surface area contributed by atoms with Gasteiger partial charge in [-0.25, -0.2) is 0 Å². The molecule has 0 saturated heterocycles. The second kappa shape index (κ2) is 6.96. The lowest BCUT2D eigenvalue weighted by Gasteiger charge is -2.13. The van der Waals surface area contributed by atoms with E-state index in [0.717, 1.165) is 12.0 Å². The van der Waals surface area contributed by atoms with Gasteiger partial charge in [0.05, 0.1) is 18.2 Å². The lowest BCUT2D eigenvalue weighted by atomic mass is 10.1. The first kappa shape index (κ1) is 18.0. The van der Waals surface area contributed by atoms with E-state index >= 15 is 0 Å². The Hall–Kier alpha value is -3.41. The monoisotopic (exact) mass is 376 g/mol. The maximum absolute atomic E-state index is 13.3. The fraction of sp³-hybridized carbons (Fsp3) is 0.227. The molecular formula is C22H20N2O4. The zero-order valence-electron chi connectivity index (χ0n) is 16.0. The molecule has 0 unspecified atom stereocenters. The number of hydrogen-bond donors (Lipinski definition) is 0. The van der Waals surface area contributed by atoms with Crippen molar-refractivity contribution in [1.82, 2.24) is 9.55 Å². The summed E-state index contributed by atoms with van der Waals surface area (Å²) >= 11 is 0. The molecule has 4 aromatic rings. The van der Waals surface area contributed by atoms with Gasteiger partial charge in [0.15, 0.2) is 5.39 Å². The molecule has 0 amide bonds. The zero-order valence-corrected chi connectivity index (χ0v) is 16.0. The van der Waals surface area contributed by atoms with Crippen molar-refractivity contribution in [2.24, 2.45) is 0 Å². The molecule has 0 bridgehead atoms. The fourth-order valence-electron chi connectivity index (χ4n) is 3.30. The van der Waals surface area contributed by atoms with Crippen molar-refractivity contribution in [1.29, 1.82) is 0 Å². The van der Waals surface area contributed by atoms with Gasteiger partial charge in [-0.1, -0.05) is 24.6 Å². The Morgan fingerprint density at radius 1 is 1.11 bits per heavy atom. The number of hydrogen-bond acceptors (Lipinski definition) is 5. The third-order valence-electron chi connectivity index (χ3n) is 4.75. The van der Waals surface area contributed by atoms with Crippen LogP contribution in [0.5, 0.6) is 5.75 Å². The summed E-state index contributed by atoms with van der Waals surface area (Å²) in [5.74, 6) is 1.13. The predicted octanol–water partition coefficient (Wildman–Crippen LogP) is 3.76. The Morgan fingerprint density at radius 3 is 2.54 bits per heavy atom. The van der Waals surface area contributed by atoms with Crippen LogP contribution in [-0.4, -0.2) is 16.7 Å². The SMILES string of the molecule is CCCc1nc2oc3cc(OC)ccc3c(=O)c2c(=O)n1-c1ccc(C)cc1. The third-order valence-corrected chi connectivity index (χ3v) is 4.75. The summed E-state index contributed by atoms with van der Waals surface area (Å²) in [5, 5.41) is 0.281. The largest absolute Gasteiger partial charge is 0.497 e. The molecule has 0 aliphatic rings. The van der Waals surface area contributed by atoms with Crippen LogP contribution >= 0.6 is 0 Å². The van der Waals surface area contributed by atoms with Gasteiger partial charge in [-0.3, -0.25) is 14.2 Å². The van der Waals surface area contributed by atoms with Gasteiger partial charge in [-0.15, -0.1) is 0 Å². The topological polar surface area (TPSA) is 74.3 Å². The molecular weight excluding hydrogens is 356 g/mol. The number of methoxy groups -OCH3 is 1. The Balaban J connectivity index is 2.11. The number of benzene rings is 2. The molecule has 0 aliphatic heterocycles. The average Bonchev–Trinajstić information content (AvgIpc) is 2.69. The van der Waals surface area contributed by atoms with Gasteiger partial charge in [0.2, 0.25) is 11.1 Å². The van der Waals surface area contributed by atoms with Crippen molar-refractivity contribution in [3.05, 3.63) is 74.4 Å². The Kier molecular flexibility index (Phi) is 4.47. The molecule has 0 aliphatic carbocycles. The summed E-state index contributed by atoms with van der Waals surface area (Å²) in [4.78, 5) is 30.9. The number of rotatable bonds is 4. The number of ether oxygens (including phenoxy) is 1. The molecule has 0 spiro atoms. The van der Waals surface area contributed by atoms with E-state index in [4.69, 9.17) is 9.15 Å². The molecule has 2 aromatic carbocycles. The van der Waals surface area contributed by atoms with Gasteiger partial charge < -0.3 is 9.15 Å². The average molecular weight is 376 g/mol. The summed E-state index contributed by atoms with van der Waals surface area (Å²) in [6, 6.07) is 12.5. The normalized spacial score (nSPS) is 11.2. The third kappa shape index (κ3) is 2.87. The molecule has 6 heteroatoms. The van der Waals surface area contributed by atoms with Crippen LogP contribution in [0.1, 0.15) is 24.7 Å². The Labute approximate surface area is 161 Å². The molecule has 4 rings (SSSR count). The zero-order chi connectivity index (χ0) is 19.8. The standard InChI is InChI=1S/C22H20N2O4/c1-4-5-18-23-21-19(22(26)24(18)14-8-6-13(2)7-9-14)20(25)16-11-10-15(27-3)12-17(16)28-21/h6-12H,4-5H2,1-3H3. The first-order chi connectivity index (χ1) is 13.5. The van der Waals surface area contributed by atoms with Crippen LogP contribution < -0.4 is 15.7 Å². The molecule has 2 heterocycles. The highest BCUT2D eigenvalue weighted by Gasteiger charge is 2.18. The molecule has 28 heavy (non-hydrogen) atoms. The summed E-state index contributed by atoms with van der Waals surface area (Å²) in [6.07, 6.45) is 1.38. The number of aryl methyl sites for hydroxylation is 2. The van der Waals surface area contributed by atoms with Crippen LogP contribution in [0.4, 0.5) is 0 Å². The van der Waals surface area contributed by atoms with Crippen molar-refractivity contribution in [2.75, 3.05) is 7.11 Å². The molecule has 0 radical (unpaired) electrons. The smallest absolute Gasteiger partial charge is 0.273 e. The molecule has 0 atom stereocenters. The molecule has 0 N–H and O–H groups in total. The van der Waals surface area contributed by atoms with Crippen LogP contribution in [0, 0.1) is 6.92 Å². The van der Waals surface area contributed by atoms with E-state index in [9.17, 15) is 9.59 Å². The second-order valence-corrected chi connectivity index (χ2v) is 6.73. The minimum Gasteiger partial charge on any atom is -0.497 e. The van der Waals surface area contributed by atoms with E-state index in [1.807, 2.05) is 38.1 Å². The van der Waals surface area contributed by atoms with E-state index in [2.05, 4.69) is 4.98 Å². The van der Waals surface area contributed by atoms with Gasteiger partial charge in [0.25, 0.3) is 5.56 Å². The van der Waals surface area contributed by atoms with Gasteiger partial charge in [0, 0.05) is 12.5 Å². The molecule has 0 saturated carbocycles. The Bertz CT molecular complexity index is 1300. The molecule has 0 fully saturated rings. The summed E-state index contributed by atoms with van der Waals surface area (Å²) in [5.41, 5.74) is 1.37. The molecule has 6 nitrogen and oxygen atoms in total. The lowest BCUT2D eigenvalue weighted by Crippen LogP contribution is -2.27. The maximum atomic E-state index is 13.3. The van der Waals surface area contributed by atoms with Crippen molar-refractivity contribution in [2.45, 2.75) is 26.7 Å². The van der Waals surface area contributed by atoms with Gasteiger partial charge in [-0.2, -0.15) is 4.98 Å². The predicted molar refractivity (Wildman–Crippen MR) is 109 cm³/mol. The van der Waals surface area contributed by atoms with Crippen molar-refractivity contribution < 1.29 is 9.15 Å².